The standard InChI is InChI=1S/C9H18OS/c1-3-5-6-7-9(4-2)11-8-10/h8-9H,3-7H2,1-2H3. The van der Waals surface area contributed by atoms with E-state index in [1.165, 1.54) is 37.4 Å². The quantitative estimate of drug-likeness (QED) is 0.435. The van der Waals surface area contributed by atoms with Gasteiger partial charge >= 0.3 is 0 Å². The maximum atomic E-state index is 10.2. The lowest BCUT2D eigenvalue weighted by Crippen LogP contribution is -1.99. The predicted molar refractivity (Wildman–Crippen MR) is 52.6 cm³/mol. The Balaban J connectivity index is 3.27. The van der Waals surface area contributed by atoms with E-state index in [2.05, 4.69) is 13.8 Å². The lowest BCUT2D eigenvalue weighted by Gasteiger charge is -2.08. The van der Waals surface area contributed by atoms with Gasteiger partial charge in [0.1, 0.15) is 0 Å². The molecule has 0 bridgehead atoms. The van der Waals surface area contributed by atoms with Crippen LogP contribution < -0.4 is 0 Å². The van der Waals surface area contributed by atoms with E-state index in [0.717, 1.165) is 12.0 Å². The third-order valence-electron chi connectivity index (χ3n) is 1.83. The van der Waals surface area contributed by atoms with Gasteiger partial charge in [-0.15, -0.1) is 0 Å². The molecule has 0 aromatic rings. The van der Waals surface area contributed by atoms with Crippen LogP contribution in [0, 0.1) is 0 Å². The fourth-order valence-corrected chi connectivity index (χ4v) is 1.72. The van der Waals surface area contributed by atoms with Crippen LogP contribution in [0.4, 0.5) is 0 Å². The zero-order valence-electron chi connectivity index (χ0n) is 7.51. The number of carbonyl (C=O) groups excluding carboxylic acids is 1. The van der Waals surface area contributed by atoms with Crippen LogP contribution in [-0.4, -0.2) is 10.9 Å². The minimum absolute atomic E-state index is 0.569. The van der Waals surface area contributed by atoms with Crippen LogP contribution in [0.1, 0.15) is 46.0 Å². The van der Waals surface area contributed by atoms with Gasteiger partial charge in [0.05, 0.1) is 0 Å². The van der Waals surface area contributed by atoms with Crippen molar-refractivity contribution in [3.8, 4) is 0 Å². The first-order chi connectivity index (χ1) is 5.35. The molecule has 0 saturated heterocycles. The molecule has 11 heavy (non-hydrogen) atoms. The van der Waals surface area contributed by atoms with Crippen molar-refractivity contribution in [2.24, 2.45) is 0 Å². The third kappa shape index (κ3) is 6.42. The summed E-state index contributed by atoms with van der Waals surface area (Å²) in [6.07, 6.45) is 6.16. The third-order valence-corrected chi connectivity index (χ3v) is 2.90. The summed E-state index contributed by atoms with van der Waals surface area (Å²) < 4.78 is 0. The molecule has 1 atom stereocenters. The van der Waals surface area contributed by atoms with Crippen molar-refractivity contribution in [2.75, 3.05) is 0 Å². The maximum Gasteiger partial charge on any atom is 0.176 e. The average Bonchev–Trinajstić information content (AvgIpc) is 2.03. The molecule has 0 N–H and O–H groups in total. The predicted octanol–water partition coefficient (Wildman–Crippen LogP) is 3.27. The van der Waals surface area contributed by atoms with E-state index in [4.69, 9.17) is 0 Å². The Kier molecular flexibility index (Phi) is 8.13. The van der Waals surface area contributed by atoms with Crippen LogP contribution in [0.3, 0.4) is 0 Å². The molecule has 0 aliphatic rings. The van der Waals surface area contributed by atoms with E-state index in [0.29, 0.717) is 5.25 Å². The highest BCUT2D eigenvalue weighted by molar-refractivity contribution is 8.12. The SMILES string of the molecule is CCCCCC(CC)SC=O. The molecule has 0 rings (SSSR count). The molecule has 0 aromatic heterocycles. The minimum atomic E-state index is 0.569. The van der Waals surface area contributed by atoms with Crippen LogP contribution in [0.15, 0.2) is 0 Å². The summed E-state index contributed by atoms with van der Waals surface area (Å²) in [6, 6.07) is 0. The molecular formula is C9H18OS. The molecule has 66 valence electrons. The molecule has 0 radical (unpaired) electrons. The number of unbranched alkanes of at least 4 members (excludes halogenated alkanes) is 2. The fraction of sp³-hybridized carbons (Fsp3) is 0.889. The van der Waals surface area contributed by atoms with Crippen LogP contribution in [0.5, 0.6) is 0 Å². The summed E-state index contributed by atoms with van der Waals surface area (Å²) in [5.41, 5.74) is 0.972. The summed E-state index contributed by atoms with van der Waals surface area (Å²) in [5, 5.41) is 0.569. The van der Waals surface area contributed by atoms with Gasteiger partial charge in [0.2, 0.25) is 0 Å². The van der Waals surface area contributed by atoms with Crippen molar-refractivity contribution in [3.05, 3.63) is 0 Å². The van der Waals surface area contributed by atoms with Gasteiger partial charge in [0.25, 0.3) is 0 Å². The molecule has 0 saturated carbocycles. The van der Waals surface area contributed by atoms with Gasteiger partial charge in [0, 0.05) is 5.25 Å². The number of thioether (sulfide) groups is 1. The number of hydrogen-bond donors (Lipinski definition) is 0. The largest absolute Gasteiger partial charge is 0.291 e. The van der Waals surface area contributed by atoms with E-state index in [1.807, 2.05) is 0 Å². The summed E-state index contributed by atoms with van der Waals surface area (Å²) in [4.78, 5) is 10.2. The Hall–Kier alpha value is 0.0200. The van der Waals surface area contributed by atoms with Gasteiger partial charge in [-0.2, -0.15) is 0 Å². The van der Waals surface area contributed by atoms with Crippen LogP contribution in [0.25, 0.3) is 0 Å². The molecule has 2 heteroatoms. The van der Waals surface area contributed by atoms with Gasteiger partial charge in [-0.05, 0) is 12.8 Å². The highest BCUT2D eigenvalue weighted by Crippen LogP contribution is 2.18. The van der Waals surface area contributed by atoms with Crippen molar-refractivity contribution in [1.82, 2.24) is 0 Å². The van der Waals surface area contributed by atoms with Gasteiger partial charge in [-0.25, -0.2) is 0 Å². The normalized spacial score (nSPS) is 12.9. The molecule has 1 unspecified atom stereocenters. The molecule has 0 fully saturated rings. The Morgan fingerprint density at radius 1 is 1.36 bits per heavy atom. The second-order valence-electron chi connectivity index (χ2n) is 2.76. The monoisotopic (exact) mass is 174 g/mol. The first kappa shape index (κ1) is 11.0. The second kappa shape index (κ2) is 8.12. The maximum absolute atomic E-state index is 10.2. The highest BCUT2D eigenvalue weighted by Gasteiger charge is 2.04. The molecule has 0 aromatic carbocycles. The fourth-order valence-electron chi connectivity index (χ4n) is 1.07. The van der Waals surface area contributed by atoms with E-state index in [-0.39, 0.29) is 0 Å². The smallest absolute Gasteiger partial charge is 0.176 e. The molecule has 0 aliphatic heterocycles. The highest BCUT2D eigenvalue weighted by atomic mass is 32.2. The molecule has 0 heterocycles. The van der Waals surface area contributed by atoms with Gasteiger partial charge < -0.3 is 0 Å². The molecular weight excluding hydrogens is 156 g/mol. The number of rotatable bonds is 7. The summed E-state index contributed by atoms with van der Waals surface area (Å²) >= 11 is 1.45. The Morgan fingerprint density at radius 3 is 2.55 bits per heavy atom. The first-order valence-corrected chi connectivity index (χ1v) is 5.38. The lowest BCUT2D eigenvalue weighted by atomic mass is 10.1. The average molecular weight is 174 g/mol. The van der Waals surface area contributed by atoms with Gasteiger partial charge in [-0.1, -0.05) is 44.9 Å². The zero-order valence-corrected chi connectivity index (χ0v) is 8.32. The van der Waals surface area contributed by atoms with Crippen LogP contribution in [-0.2, 0) is 4.79 Å². The molecule has 0 aliphatic carbocycles. The molecule has 0 amide bonds. The van der Waals surface area contributed by atoms with Crippen molar-refractivity contribution in [3.63, 3.8) is 0 Å². The Morgan fingerprint density at radius 2 is 2.09 bits per heavy atom. The zero-order chi connectivity index (χ0) is 8.53. The lowest BCUT2D eigenvalue weighted by molar-refractivity contribution is 0.569. The summed E-state index contributed by atoms with van der Waals surface area (Å²) in [6.45, 7) is 4.35. The topological polar surface area (TPSA) is 17.1 Å². The number of hydrogen-bond acceptors (Lipinski definition) is 2. The van der Waals surface area contributed by atoms with Crippen LogP contribution >= 0.6 is 11.8 Å². The molecule has 1 nitrogen and oxygen atoms in total. The summed E-state index contributed by atoms with van der Waals surface area (Å²) in [7, 11) is 0. The van der Waals surface area contributed by atoms with Crippen molar-refractivity contribution < 1.29 is 4.79 Å². The molecule has 0 spiro atoms. The van der Waals surface area contributed by atoms with E-state index in [1.54, 1.807) is 0 Å². The van der Waals surface area contributed by atoms with Gasteiger partial charge in [0.15, 0.2) is 5.62 Å². The van der Waals surface area contributed by atoms with E-state index >= 15 is 0 Å². The second-order valence-corrected chi connectivity index (χ2v) is 3.89. The minimum Gasteiger partial charge on any atom is -0.291 e. The van der Waals surface area contributed by atoms with Crippen molar-refractivity contribution in [1.29, 1.82) is 0 Å². The van der Waals surface area contributed by atoms with E-state index in [9.17, 15) is 4.79 Å². The van der Waals surface area contributed by atoms with Gasteiger partial charge in [-0.3, -0.25) is 4.79 Å². The first-order valence-electron chi connectivity index (χ1n) is 4.44. The van der Waals surface area contributed by atoms with Crippen molar-refractivity contribution >= 4 is 17.4 Å². The number of carbonyl (C=O) groups is 1. The van der Waals surface area contributed by atoms with E-state index < -0.39 is 0 Å². The van der Waals surface area contributed by atoms with Crippen LogP contribution in [0.2, 0.25) is 0 Å². The van der Waals surface area contributed by atoms with Crippen molar-refractivity contribution in [2.45, 2.75) is 51.2 Å². The Bertz CT molecular complexity index is 93.6. The Labute approximate surface area is 73.9 Å². The summed E-state index contributed by atoms with van der Waals surface area (Å²) in [5.74, 6) is 0.